The van der Waals surface area contributed by atoms with Gasteiger partial charge in [0, 0.05) is 10.3 Å². The summed E-state index contributed by atoms with van der Waals surface area (Å²) in [5.41, 5.74) is 2.82. The number of amides is 1. The maximum atomic E-state index is 13.1. The van der Waals surface area contributed by atoms with E-state index in [1.807, 2.05) is 25.3 Å². The number of aromatic nitrogens is 1. The van der Waals surface area contributed by atoms with E-state index in [-0.39, 0.29) is 17.8 Å². The van der Waals surface area contributed by atoms with Crippen LogP contribution in [0.1, 0.15) is 45.8 Å². The highest BCUT2D eigenvalue weighted by molar-refractivity contribution is 7.17. The topological polar surface area (TPSA) is 42.0 Å². The van der Waals surface area contributed by atoms with E-state index in [1.54, 1.807) is 23.5 Å². The third kappa shape index (κ3) is 3.96. The molecule has 3 nitrogen and oxygen atoms in total. The second-order valence-electron chi connectivity index (χ2n) is 5.84. The second-order valence-corrected chi connectivity index (χ2v) is 7.84. The number of rotatable bonds is 5. The van der Waals surface area contributed by atoms with Crippen LogP contribution in [0.25, 0.3) is 10.4 Å². The van der Waals surface area contributed by atoms with Gasteiger partial charge in [-0.15, -0.1) is 22.7 Å². The molecule has 0 aliphatic heterocycles. The van der Waals surface area contributed by atoms with Crippen molar-refractivity contribution >= 4 is 28.6 Å². The molecule has 1 unspecified atom stereocenters. The van der Waals surface area contributed by atoms with Crippen LogP contribution in [0.4, 0.5) is 4.39 Å². The van der Waals surface area contributed by atoms with Gasteiger partial charge in [-0.05, 0) is 49.6 Å². The molecule has 3 rings (SSSR count). The first kappa shape index (κ1) is 17.8. The summed E-state index contributed by atoms with van der Waals surface area (Å²) in [5.74, 6) is -0.375. The number of thiophene rings is 1. The number of nitrogens with one attached hydrogen (secondary N) is 1. The van der Waals surface area contributed by atoms with Gasteiger partial charge in [0.05, 0.1) is 21.6 Å². The number of thiazole rings is 1. The van der Waals surface area contributed by atoms with Crippen molar-refractivity contribution < 1.29 is 9.18 Å². The molecule has 0 saturated heterocycles. The van der Waals surface area contributed by atoms with Crippen LogP contribution in [-0.2, 0) is 6.42 Å². The van der Waals surface area contributed by atoms with Crippen molar-refractivity contribution in [2.75, 3.05) is 0 Å². The first-order valence-corrected chi connectivity index (χ1v) is 9.79. The third-order valence-electron chi connectivity index (χ3n) is 3.91. The Bertz CT molecular complexity index is 883. The lowest BCUT2D eigenvalue weighted by Crippen LogP contribution is -2.26. The molecule has 0 spiro atoms. The van der Waals surface area contributed by atoms with Gasteiger partial charge in [-0.25, -0.2) is 9.37 Å². The first-order valence-electron chi connectivity index (χ1n) is 8.09. The highest BCUT2D eigenvalue weighted by Crippen LogP contribution is 2.32. The Hall–Kier alpha value is -2.05. The Kier molecular flexibility index (Phi) is 5.30. The Morgan fingerprint density at radius 1 is 1.32 bits per heavy atom. The second kappa shape index (κ2) is 7.45. The number of benzene rings is 1. The van der Waals surface area contributed by atoms with E-state index >= 15 is 0 Å². The monoisotopic (exact) mass is 374 g/mol. The molecular weight excluding hydrogens is 355 g/mol. The Labute approximate surface area is 154 Å². The van der Waals surface area contributed by atoms with Gasteiger partial charge in [0.15, 0.2) is 0 Å². The number of nitrogens with zero attached hydrogens (tertiary/aromatic N) is 1. The zero-order chi connectivity index (χ0) is 18.0. The zero-order valence-electron chi connectivity index (χ0n) is 14.3. The fraction of sp³-hybridized carbons (Fsp3) is 0.263. The SMILES string of the molecule is CCc1nc(C(C)NC(=O)c2cc(C)c(-c3ccc(F)cc3)s2)cs1. The number of halogens is 1. The van der Waals surface area contributed by atoms with Gasteiger partial charge >= 0.3 is 0 Å². The number of carbonyl (C=O) groups excluding carboxylic acids is 1. The molecule has 2 aromatic heterocycles. The molecule has 0 fully saturated rings. The maximum Gasteiger partial charge on any atom is 0.261 e. The third-order valence-corrected chi connectivity index (χ3v) is 6.21. The molecule has 0 aliphatic rings. The minimum absolute atomic E-state index is 0.111. The quantitative estimate of drug-likeness (QED) is 0.652. The molecule has 1 amide bonds. The molecule has 1 aromatic carbocycles. The molecular formula is C19H19FN2OS2. The fourth-order valence-electron chi connectivity index (χ4n) is 2.51. The average molecular weight is 375 g/mol. The minimum Gasteiger partial charge on any atom is -0.343 e. The van der Waals surface area contributed by atoms with Crippen LogP contribution < -0.4 is 5.32 Å². The van der Waals surface area contributed by atoms with E-state index in [4.69, 9.17) is 0 Å². The van der Waals surface area contributed by atoms with Gasteiger partial charge in [-0.1, -0.05) is 19.1 Å². The van der Waals surface area contributed by atoms with Crippen molar-refractivity contribution in [1.82, 2.24) is 10.3 Å². The van der Waals surface area contributed by atoms with Gasteiger partial charge in [0.25, 0.3) is 5.91 Å². The lowest BCUT2D eigenvalue weighted by atomic mass is 10.1. The van der Waals surface area contributed by atoms with Gasteiger partial charge < -0.3 is 5.32 Å². The first-order chi connectivity index (χ1) is 12.0. The molecule has 25 heavy (non-hydrogen) atoms. The van der Waals surface area contributed by atoms with Gasteiger partial charge in [-0.3, -0.25) is 4.79 Å². The van der Waals surface area contributed by atoms with Crippen molar-refractivity contribution in [3.63, 3.8) is 0 Å². The van der Waals surface area contributed by atoms with Crippen LogP contribution >= 0.6 is 22.7 Å². The summed E-state index contributed by atoms with van der Waals surface area (Å²) in [4.78, 5) is 18.7. The van der Waals surface area contributed by atoms with Crippen molar-refractivity contribution in [3.05, 3.63) is 62.7 Å². The molecule has 0 radical (unpaired) electrons. The standard InChI is InChI=1S/C19H19FN2OS2/c1-4-17-22-15(10-24-17)12(3)21-19(23)16-9-11(2)18(25-16)13-5-7-14(20)8-6-13/h5-10,12H,4H2,1-3H3,(H,21,23). The Morgan fingerprint density at radius 3 is 2.68 bits per heavy atom. The lowest BCUT2D eigenvalue weighted by Gasteiger charge is -2.10. The number of hydrogen-bond donors (Lipinski definition) is 1. The molecule has 0 aliphatic carbocycles. The number of carbonyl (C=O) groups is 1. The summed E-state index contributed by atoms with van der Waals surface area (Å²) in [7, 11) is 0. The van der Waals surface area contributed by atoms with Crippen LogP contribution in [-0.4, -0.2) is 10.9 Å². The van der Waals surface area contributed by atoms with E-state index in [2.05, 4.69) is 17.2 Å². The Balaban J connectivity index is 1.76. The zero-order valence-corrected chi connectivity index (χ0v) is 15.9. The molecule has 6 heteroatoms. The summed E-state index contributed by atoms with van der Waals surface area (Å²) in [6.45, 7) is 5.97. The van der Waals surface area contributed by atoms with E-state index in [0.717, 1.165) is 33.1 Å². The van der Waals surface area contributed by atoms with Gasteiger partial charge in [-0.2, -0.15) is 0 Å². The van der Waals surface area contributed by atoms with E-state index in [1.165, 1.54) is 23.5 Å². The predicted octanol–water partition coefficient (Wildman–Crippen LogP) is 5.37. The van der Waals surface area contributed by atoms with Gasteiger partial charge in [0.2, 0.25) is 0 Å². The summed E-state index contributed by atoms with van der Waals surface area (Å²) in [5, 5.41) is 6.07. The van der Waals surface area contributed by atoms with Crippen LogP contribution in [0.5, 0.6) is 0 Å². The molecule has 3 aromatic rings. The van der Waals surface area contributed by atoms with Crippen molar-refractivity contribution in [2.24, 2.45) is 0 Å². The van der Waals surface area contributed by atoms with Gasteiger partial charge in [0.1, 0.15) is 5.82 Å². The molecule has 1 N–H and O–H groups in total. The largest absolute Gasteiger partial charge is 0.343 e. The van der Waals surface area contributed by atoms with E-state index in [0.29, 0.717) is 4.88 Å². The molecule has 130 valence electrons. The molecule has 0 bridgehead atoms. The lowest BCUT2D eigenvalue weighted by molar-refractivity contribution is 0.0943. The summed E-state index contributed by atoms with van der Waals surface area (Å²) in [6.07, 6.45) is 0.899. The van der Waals surface area contributed by atoms with Crippen LogP contribution in [0, 0.1) is 12.7 Å². The predicted molar refractivity (Wildman–Crippen MR) is 102 cm³/mol. The molecule has 2 heterocycles. The maximum absolute atomic E-state index is 13.1. The summed E-state index contributed by atoms with van der Waals surface area (Å²) >= 11 is 3.04. The van der Waals surface area contributed by atoms with E-state index < -0.39 is 0 Å². The fourth-order valence-corrected chi connectivity index (χ4v) is 4.43. The van der Waals surface area contributed by atoms with Crippen LogP contribution in [0.15, 0.2) is 35.7 Å². The number of hydrogen-bond acceptors (Lipinski definition) is 4. The van der Waals surface area contributed by atoms with Crippen LogP contribution in [0.2, 0.25) is 0 Å². The van der Waals surface area contributed by atoms with Crippen molar-refractivity contribution in [1.29, 1.82) is 0 Å². The van der Waals surface area contributed by atoms with Crippen LogP contribution in [0.3, 0.4) is 0 Å². The molecule has 1 atom stereocenters. The highest BCUT2D eigenvalue weighted by Gasteiger charge is 2.17. The van der Waals surface area contributed by atoms with Crippen molar-refractivity contribution in [2.45, 2.75) is 33.2 Å². The Morgan fingerprint density at radius 2 is 2.04 bits per heavy atom. The smallest absolute Gasteiger partial charge is 0.261 e. The van der Waals surface area contributed by atoms with E-state index in [9.17, 15) is 9.18 Å². The average Bonchev–Trinajstić information content (AvgIpc) is 3.22. The summed E-state index contributed by atoms with van der Waals surface area (Å²) < 4.78 is 13.1. The molecule has 0 saturated carbocycles. The summed E-state index contributed by atoms with van der Waals surface area (Å²) in [6, 6.07) is 8.08. The minimum atomic E-state index is -0.264. The number of aryl methyl sites for hydroxylation is 2. The normalized spacial score (nSPS) is 12.2. The highest BCUT2D eigenvalue weighted by atomic mass is 32.1. The van der Waals surface area contributed by atoms with Crippen molar-refractivity contribution in [3.8, 4) is 10.4 Å².